The van der Waals surface area contributed by atoms with Crippen molar-refractivity contribution in [1.29, 1.82) is 0 Å². The van der Waals surface area contributed by atoms with E-state index in [1.54, 1.807) is 0 Å². The molecule has 0 bridgehead atoms. The first kappa shape index (κ1) is 11.4. The molecule has 0 aliphatic carbocycles. The lowest BCUT2D eigenvalue weighted by molar-refractivity contribution is -0.125. The number of likely N-dealkylation sites (N-methyl/N-ethyl adjacent to an activating group) is 1. The average Bonchev–Trinajstić information content (AvgIpc) is 2.84. The number of likely N-dealkylation sites (tertiary alicyclic amines) is 1. The number of carbonyl (C=O) groups is 2. The molecule has 0 saturated carbocycles. The fourth-order valence-electron chi connectivity index (χ4n) is 2.39. The van der Waals surface area contributed by atoms with Crippen LogP contribution in [0, 0.1) is 0 Å². The standard InChI is InChI=1S/C11H19N3O2/c1-14-6-2-3-8(14)7-12-11(16)9-4-5-10(15)13-9/h8-9H,2-7H2,1H3,(H,12,16)(H,13,15). The van der Waals surface area contributed by atoms with Gasteiger partial charge < -0.3 is 15.5 Å². The van der Waals surface area contributed by atoms with Crippen LogP contribution in [0.25, 0.3) is 0 Å². The van der Waals surface area contributed by atoms with Crippen LogP contribution in [-0.2, 0) is 9.59 Å². The molecule has 0 aromatic heterocycles. The van der Waals surface area contributed by atoms with E-state index >= 15 is 0 Å². The van der Waals surface area contributed by atoms with Gasteiger partial charge in [-0.1, -0.05) is 0 Å². The highest BCUT2D eigenvalue weighted by atomic mass is 16.2. The van der Waals surface area contributed by atoms with Crippen molar-refractivity contribution in [2.24, 2.45) is 0 Å². The van der Waals surface area contributed by atoms with Crippen LogP contribution in [0.1, 0.15) is 25.7 Å². The molecule has 2 N–H and O–H groups in total. The summed E-state index contributed by atoms with van der Waals surface area (Å²) in [7, 11) is 2.08. The van der Waals surface area contributed by atoms with E-state index in [-0.39, 0.29) is 17.9 Å². The molecule has 2 rings (SSSR count). The van der Waals surface area contributed by atoms with E-state index in [2.05, 4.69) is 22.6 Å². The third-order valence-electron chi connectivity index (χ3n) is 3.50. The van der Waals surface area contributed by atoms with E-state index in [1.807, 2.05) is 0 Å². The number of nitrogens with zero attached hydrogens (tertiary/aromatic N) is 1. The summed E-state index contributed by atoms with van der Waals surface area (Å²) in [5, 5.41) is 5.60. The van der Waals surface area contributed by atoms with Crippen molar-refractivity contribution >= 4 is 11.8 Å². The van der Waals surface area contributed by atoms with Crippen molar-refractivity contribution < 1.29 is 9.59 Å². The predicted molar refractivity (Wildman–Crippen MR) is 59.8 cm³/mol. The molecular formula is C11H19N3O2. The van der Waals surface area contributed by atoms with Gasteiger partial charge in [0.15, 0.2) is 0 Å². The Bertz CT molecular complexity index is 293. The maximum atomic E-state index is 11.7. The van der Waals surface area contributed by atoms with Gasteiger partial charge in [0, 0.05) is 19.0 Å². The van der Waals surface area contributed by atoms with Gasteiger partial charge in [-0.25, -0.2) is 0 Å². The van der Waals surface area contributed by atoms with Crippen LogP contribution < -0.4 is 10.6 Å². The lowest BCUT2D eigenvalue weighted by Crippen LogP contribution is -2.45. The summed E-state index contributed by atoms with van der Waals surface area (Å²) in [5.74, 6) is -0.0516. The molecule has 0 aromatic rings. The molecule has 5 heteroatoms. The molecule has 0 aromatic carbocycles. The Balaban J connectivity index is 1.73. The van der Waals surface area contributed by atoms with Crippen molar-refractivity contribution in [2.75, 3.05) is 20.1 Å². The topological polar surface area (TPSA) is 61.4 Å². The Hall–Kier alpha value is -1.10. The zero-order chi connectivity index (χ0) is 11.5. The maximum absolute atomic E-state index is 11.7. The Morgan fingerprint density at radius 1 is 1.56 bits per heavy atom. The predicted octanol–water partition coefficient (Wildman–Crippen LogP) is -0.525. The molecule has 0 radical (unpaired) electrons. The minimum atomic E-state index is -0.306. The number of hydrogen-bond acceptors (Lipinski definition) is 3. The van der Waals surface area contributed by atoms with Crippen molar-refractivity contribution in [3.63, 3.8) is 0 Å². The number of hydrogen-bond donors (Lipinski definition) is 2. The summed E-state index contributed by atoms with van der Waals surface area (Å²) in [6, 6.07) is 0.153. The highest BCUT2D eigenvalue weighted by Gasteiger charge is 2.28. The van der Waals surface area contributed by atoms with E-state index in [9.17, 15) is 9.59 Å². The van der Waals surface area contributed by atoms with Gasteiger partial charge in [0.05, 0.1) is 0 Å². The molecule has 2 unspecified atom stereocenters. The highest BCUT2D eigenvalue weighted by molar-refractivity contribution is 5.90. The van der Waals surface area contributed by atoms with Gasteiger partial charge in [0.25, 0.3) is 0 Å². The van der Waals surface area contributed by atoms with Crippen molar-refractivity contribution in [1.82, 2.24) is 15.5 Å². The third kappa shape index (κ3) is 2.52. The first-order valence-corrected chi connectivity index (χ1v) is 5.94. The Kier molecular flexibility index (Phi) is 3.43. The Labute approximate surface area is 95.6 Å². The van der Waals surface area contributed by atoms with Gasteiger partial charge in [-0.3, -0.25) is 9.59 Å². The zero-order valence-electron chi connectivity index (χ0n) is 9.66. The summed E-state index contributed by atoms with van der Waals surface area (Å²) >= 11 is 0. The number of nitrogens with one attached hydrogen (secondary N) is 2. The summed E-state index contributed by atoms with van der Waals surface area (Å²) < 4.78 is 0. The van der Waals surface area contributed by atoms with Gasteiger partial charge >= 0.3 is 0 Å². The van der Waals surface area contributed by atoms with Gasteiger partial charge in [0.2, 0.25) is 11.8 Å². The fourth-order valence-corrected chi connectivity index (χ4v) is 2.39. The second-order valence-corrected chi connectivity index (χ2v) is 4.68. The van der Waals surface area contributed by atoms with Crippen LogP contribution in [-0.4, -0.2) is 48.9 Å². The third-order valence-corrected chi connectivity index (χ3v) is 3.50. The maximum Gasteiger partial charge on any atom is 0.242 e. The lowest BCUT2D eigenvalue weighted by atomic mass is 10.2. The van der Waals surface area contributed by atoms with Crippen molar-refractivity contribution in [2.45, 2.75) is 37.8 Å². The SMILES string of the molecule is CN1CCCC1CNC(=O)C1CCC(=O)N1. The lowest BCUT2D eigenvalue weighted by Gasteiger charge is -2.20. The monoisotopic (exact) mass is 225 g/mol. The molecule has 0 spiro atoms. The van der Waals surface area contributed by atoms with Crippen LogP contribution in [0.2, 0.25) is 0 Å². The summed E-state index contributed by atoms with van der Waals surface area (Å²) in [6.45, 7) is 1.81. The zero-order valence-corrected chi connectivity index (χ0v) is 9.66. The summed E-state index contributed by atoms with van der Waals surface area (Å²) in [5.41, 5.74) is 0. The van der Waals surface area contributed by atoms with Crippen LogP contribution in [0.3, 0.4) is 0 Å². The van der Waals surface area contributed by atoms with Gasteiger partial charge in [-0.15, -0.1) is 0 Å². The molecule has 2 atom stereocenters. The van der Waals surface area contributed by atoms with Crippen LogP contribution in [0.4, 0.5) is 0 Å². The molecule has 90 valence electrons. The van der Waals surface area contributed by atoms with Gasteiger partial charge in [-0.2, -0.15) is 0 Å². The first-order chi connectivity index (χ1) is 7.66. The van der Waals surface area contributed by atoms with Gasteiger partial charge in [0.1, 0.15) is 6.04 Å². The van der Waals surface area contributed by atoms with E-state index < -0.39 is 0 Å². The molecule has 2 aliphatic rings. The average molecular weight is 225 g/mol. The first-order valence-electron chi connectivity index (χ1n) is 5.94. The molecule has 5 nitrogen and oxygen atoms in total. The fraction of sp³-hybridized carbons (Fsp3) is 0.818. The van der Waals surface area contributed by atoms with Crippen LogP contribution in [0.5, 0.6) is 0 Å². The normalized spacial score (nSPS) is 30.4. The summed E-state index contributed by atoms with van der Waals surface area (Å²) in [4.78, 5) is 25.0. The summed E-state index contributed by atoms with van der Waals surface area (Å²) in [6.07, 6.45) is 3.46. The number of rotatable bonds is 3. The van der Waals surface area contributed by atoms with E-state index in [1.165, 1.54) is 6.42 Å². The molecular weight excluding hydrogens is 206 g/mol. The minimum Gasteiger partial charge on any atom is -0.353 e. The second kappa shape index (κ2) is 4.82. The number of carbonyl (C=O) groups excluding carboxylic acids is 2. The molecule has 2 amide bonds. The minimum absolute atomic E-state index is 0.0156. The largest absolute Gasteiger partial charge is 0.353 e. The smallest absolute Gasteiger partial charge is 0.242 e. The van der Waals surface area contributed by atoms with Crippen LogP contribution in [0.15, 0.2) is 0 Å². The number of amides is 2. The quantitative estimate of drug-likeness (QED) is 0.679. The van der Waals surface area contributed by atoms with Crippen molar-refractivity contribution in [3.8, 4) is 0 Å². The highest BCUT2D eigenvalue weighted by Crippen LogP contribution is 2.13. The molecule has 2 aliphatic heterocycles. The van der Waals surface area contributed by atoms with Gasteiger partial charge in [-0.05, 0) is 32.9 Å². The second-order valence-electron chi connectivity index (χ2n) is 4.68. The Morgan fingerprint density at radius 3 is 2.94 bits per heavy atom. The Morgan fingerprint density at radius 2 is 2.38 bits per heavy atom. The molecule has 16 heavy (non-hydrogen) atoms. The molecule has 2 fully saturated rings. The molecule has 2 saturated heterocycles. The van der Waals surface area contributed by atoms with E-state index in [4.69, 9.17) is 0 Å². The van der Waals surface area contributed by atoms with E-state index in [0.29, 0.717) is 25.4 Å². The molecule has 2 heterocycles. The van der Waals surface area contributed by atoms with Crippen LogP contribution >= 0.6 is 0 Å². The van der Waals surface area contributed by atoms with E-state index in [0.717, 1.165) is 13.0 Å². The van der Waals surface area contributed by atoms with Crippen molar-refractivity contribution in [3.05, 3.63) is 0 Å².